The van der Waals surface area contributed by atoms with Crippen LogP contribution in [-0.4, -0.2) is 31.1 Å². The summed E-state index contributed by atoms with van der Waals surface area (Å²) in [6.07, 6.45) is 9.63. The molecule has 2 rings (SSSR count). The maximum atomic E-state index is 4.34. The van der Waals surface area contributed by atoms with Crippen molar-refractivity contribution in [1.29, 1.82) is 0 Å². The Morgan fingerprint density at radius 1 is 1.27 bits per heavy atom. The number of pyridine rings is 1. The monoisotopic (exact) mass is 302 g/mol. The van der Waals surface area contributed by atoms with Crippen molar-refractivity contribution in [2.45, 2.75) is 52.4 Å². The van der Waals surface area contributed by atoms with Gasteiger partial charge in [-0.25, -0.2) is 0 Å². The Balaban J connectivity index is 1.74. The lowest BCUT2D eigenvalue weighted by atomic mass is 9.83. The van der Waals surface area contributed by atoms with Gasteiger partial charge in [-0.2, -0.15) is 0 Å². The summed E-state index contributed by atoms with van der Waals surface area (Å²) >= 11 is 0. The van der Waals surface area contributed by atoms with E-state index in [-0.39, 0.29) is 0 Å². The van der Waals surface area contributed by atoms with Gasteiger partial charge in [-0.1, -0.05) is 25.8 Å². The quantitative estimate of drug-likeness (QED) is 0.627. The third-order valence-electron chi connectivity index (χ3n) is 4.95. The topological polar surface area (TPSA) is 49.3 Å². The predicted octanol–water partition coefficient (Wildman–Crippen LogP) is 3.07. The summed E-state index contributed by atoms with van der Waals surface area (Å²) in [7, 11) is 1.84. The molecule has 122 valence electrons. The Hall–Kier alpha value is -1.58. The van der Waals surface area contributed by atoms with Gasteiger partial charge in [0.1, 0.15) is 0 Å². The maximum absolute atomic E-state index is 4.34. The second-order valence-electron chi connectivity index (χ2n) is 6.47. The van der Waals surface area contributed by atoms with Crippen LogP contribution < -0.4 is 10.6 Å². The first kappa shape index (κ1) is 16.8. The molecule has 1 fully saturated rings. The number of aryl methyl sites for hydroxylation is 1. The van der Waals surface area contributed by atoms with Crippen LogP contribution in [0.1, 0.15) is 50.3 Å². The van der Waals surface area contributed by atoms with Gasteiger partial charge >= 0.3 is 0 Å². The van der Waals surface area contributed by atoms with Crippen molar-refractivity contribution in [2.24, 2.45) is 10.4 Å². The van der Waals surface area contributed by atoms with E-state index in [0.717, 1.165) is 31.2 Å². The van der Waals surface area contributed by atoms with Gasteiger partial charge < -0.3 is 10.6 Å². The number of rotatable bonds is 6. The maximum Gasteiger partial charge on any atom is 0.191 e. The molecule has 0 amide bonds. The molecule has 0 radical (unpaired) electrons. The van der Waals surface area contributed by atoms with E-state index in [4.69, 9.17) is 0 Å². The fourth-order valence-electron chi connectivity index (χ4n) is 3.24. The molecule has 1 aromatic heterocycles. The predicted molar refractivity (Wildman–Crippen MR) is 93.2 cm³/mol. The molecule has 0 atom stereocenters. The van der Waals surface area contributed by atoms with Gasteiger partial charge in [-0.05, 0) is 49.7 Å². The molecule has 0 unspecified atom stereocenters. The highest BCUT2D eigenvalue weighted by atomic mass is 15.2. The molecule has 4 heteroatoms. The van der Waals surface area contributed by atoms with Crippen molar-refractivity contribution in [3.63, 3.8) is 0 Å². The largest absolute Gasteiger partial charge is 0.356 e. The second kappa shape index (κ2) is 8.16. The number of hydrogen-bond donors (Lipinski definition) is 2. The molecule has 0 aliphatic heterocycles. The minimum atomic E-state index is 0.485. The highest BCUT2D eigenvalue weighted by Crippen LogP contribution is 2.40. The van der Waals surface area contributed by atoms with Crippen LogP contribution >= 0.6 is 0 Å². The first-order valence-corrected chi connectivity index (χ1v) is 8.53. The van der Waals surface area contributed by atoms with Crippen molar-refractivity contribution < 1.29 is 0 Å². The fourth-order valence-corrected chi connectivity index (χ4v) is 3.24. The van der Waals surface area contributed by atoms with Crippen LogP contribution in [0.3, 0.4) is 0 Å². The molecule has 1 aliphatic carbocycles. The van der Waals surface area contributed by atoms with Crippen LogP contribution in [-0.2, 0) is 6.42 Å². The van der Waals surface area contributed by atoms with E-state index < -0.39 is 0 Å². The van der Waals surface area contributed by atoms with E-state index in [1.165, 1.54) is 37.7 Å². The molecule has 0 bridgehead atoms. The van der Waals surface area contributed by atoms with Crippen molar-refractivity contribution in [1.82, 2.24) is 15.6 Å². The standard InChI is InChI=1S/C18H30N4/c1-4-18(10-5-6-11-18)14-22-17(19-3)20-12-9-16-8-7-15(2)21-13-16/h7-8,13H,4-6,9-12,14H2,1-3H3,(H2,19,20,22). The van der Waals surface area contributed by atoms with Gasteiger partial charge in [0.25, 0.3) is 0 Å². The smallest absolute Gasteiger partial charge is 0.191 e. The van der Waals surface area contributed by atoms with Crippen molar-refractivity contribution in [2.75, 3.05) is 20.1 Å². The summed E-state index contributed by atoms with van der Waals surface area (Å²) in [6.45, 7) is 6.24. The first-order valence-electron chi connectivity index (χ1n) is 8.53. The summed E-state index contributed by atoms with van der Waals surface area (Å²) in [5, 5.41) is 6.93. The second-order valence-corrected chi connectivity index (χ2v) is 6.47. The summed E-state index contributed by atoms with van der Waals surface area (Å²) in [5.41, 5.74) is 2.81. The zero-order valence-corrected chi connectivity index (χ0v) is 14.3. The summed E-state index contributed by atoms with van der Waals surface area (Å²) in [6, 6.07) is 4.21. The van der Waals surface area contributed by atoms with Crippen LogP contribution in [0.2, 0.25) is 0 Å². The zero-order chi connectivity index (χ0) is 15.8. The fraction of sp³-hybridized carbons (Fsp3) is 0.667. The van der Waals surface area contributed by atoms with Crippen molar-refractivity contribution in [3.05, 3.63) is 29.6 Å². The van der Waals surface area contributed by atoms with E-state index in [9.17, 15) is 0 Å². The molecule has 2 N–H and O–H groups in total. The summed E-state index contributed by atoms with van der Waals surface area (Å²) in [4.78, 5) is 8.67. The third-order valence-corrected chi connectivity index (χ3v) is 4.95. The molecule has 22 heavy (non-hydrogen) atoms. The molecule has 1 aromatic rings. The van der Waals surface area contributed by atoms with Gasteiger partial charge in [-0.3, -0.25) is 9.98 Å². The zero-order valence-electron chi connectivity index (χ0n) is 14.3. The SMILES string of the molecule is CCC1(CNC(=NC)NCCc2ccc(C)nc2)CCCC1. The Morgan fingerprint density at radius 2 is 2.05 bits per heavy atom. The molecule has 4 nitrogen and oxygen atoms in total. The van der Waals surface area contributed by atoms with Crippen molar-refractivity contribution in [3.8, 4) is 0 Å². The minimum Gasteiger partial charge on any atom is -0.356 e. The van der Waals surface area contributed by atoms with Crippen LogP contribution in [0.25, 0.3) is 0 Å². The molecule has 1 heterocycles. The van der Waals surface area contributed by atoms with E-state index in [1.807, 2.05) is 20.2 Å². The Bertz CT molecular complexity index is 472. The lowest BCUT2D eigenvalue weighted by Crippen LogP contribution is -2.43. The lowest BCUT2D eigenvalue weighted by Gasteiger charge is -2.28. The molecular weight excluding hydrogens is 272 g/mol. The molecular formula is C18H30N4. The van der Waals surface area contributed by atoms with Gasteiger partial charge in [-0.15, -0.1) is 0 Å². The molecule has 1 aliphatic rings. The van der Waals surface area contributed by atoms with Gasteiger partial charge in [0, 0.05) is 32.0 Å². The average molecular weight is 302 g/mol. The number of guanidine groups is 1. The van der Waals surface area contributed by atoms with E-state index in [0.29, 0.717) is 5.41 Å². The number of aromatic nitrogens is 1. The average Bonchev–Trinajstić information content (AvgIpc) is 3.02. The van der Waals surface area contributed by atoms with E-state index >= 15 is 0 Å². The van der Waals surface area contributed by atoms with Crippen molar-refractivity contribution >= 4 is 5.96 Å². The Morgan fingerprint density at radius 3 is 2.64 bits per heavy atom. The highest BCUT2D eigenvalue weighted by molar-refractivity contribution is 5.79. The molecule has 0 saturated heterocycles. The minimum absolute atomic E-state index is 0.485. The lowest BCUT2D eigenvalue weighted by molar-refractivity contribution is 0.283. The first-order chi connectivity index (χ1) is 10.7. The van der Waals surface area contributed by atoms with Crippen LogP contribution in [0.5, 0.6) is 0 Å². The van der Waals surface area contributed by atoms with Gasteiger partial charge in [0.05, 0.1) is 0 Å². The summed E-state index contributed by atoms with van der Waals surface area (Å²) < 4.78 is 0. The normalized spacial score (nSPS) is 17.5. The molecule has 1 saturated carbocycles. The third kappa shape index (κ3) is 4.72. The molecule has 0 spiro atoms. The van der Waals surface area contributed by atoms with Crippen LogP contribution in [0.15, 0.2) is 23.3 Å². The van der Waals surface area contributed by atoms with Gasteiger partial charge in [0.15, 0.2) is 5.96 Å². The summed E-state index contributed by atoms with van der Waals surface area (Å²) in [5.74, 6) is 0.916. The van der Waals surface area contributed by atoms with Gasteiger partial charge in [0.2, 0.25) is 0 Å². The number of nitrogens with zero attached hydrogens (tertiary/aromatic N) is 2. The van der Waals surface area contributed by atoms with E-state index in [1.54, 1.807) is 0 Å². The van der Waals surface area contributed by atoms with Crippen LogP contribution in [0.4, 0.5) is 0 Å². The van der Waals surface area contributed by atoms with E-state index in [2.05, 4.69) is 39.7 Å². The number of hydrogen-bond acceptors (Lipinski definition) is 2. The number of aliphatic imine (C=N–C) groups is 1. The van der Waals surface area contributed by atoms with Crippen LogP contribution in [0, 0.1) is 12.3 Å². The Labute approximate surface area is 134 Å². The molecule has 0 aromatic carbocycles. The Kier molecular flexibility index (Phi) is 6.22. The number of nitrogens with one attached hydrogen (secondary N) is 2. The highest BCUT2D eigenvalue weighted by Gasteiger charge is 2.31.